The van der Waals surface area contributed by atoms with Crippen molar-refractivity contribution in [1.82, 2.24) is 9.80 Å². The number of benzene rings is 2. The lowest BCUT2D eigenvalue weighted by atomic mass is 9.59. The first-order valence-electron chi connectivity index (χ1n) is 21.8. The molecule has 6 rings (SSSR count). The summed E-state index contributed by atoms with van der Waals surface area (Å²) in [6.45, 7) is 22.7. The number of carbonyl (C=O) groups is 2. The van der Waals surface area contributed by atoms with E-state index in [0.717, 1.165) is 84.0 Å². The second-order valence-corrected chi connectivity index (χ2v) is 18.5. The van der Waals surface area contributed by atoms with Crippen molar-refractivity contribution in [1.29, 1.82) is 0 Å². The molecule has 316 valence electrons. The Morgan fingerprint density at radius 1 is 0.632 bits per heavy atom. The number of aromatic hydroxyl groups is 2. The molecule has 4 aliphatic rings. The molecule has 8 nitrogen and oxygen atoms in total. The van der Waals surface area contributed by atoms with Gasteiger partial charge in [-0.05, 0) is 148 Å². The number of likely N-dealkylation sites (tertiary alicyclic amines) is 2. The molecule has 6 unspecified atom stereocenters. The first kappa shape index (κ1) is 46.1. The summed E-state index contributed by atoms with van der Waals surface area (Å²) in [5.41, 5.74) is 8.84. The van der Waals surface area contributed by atoms with E-state index in [0.29, 0.717) is 35.4 Å². The predicted octanol–water partition coefficient (Wildman–Crippen LogP) is 10.4. The van der Waals surface area contributed by atoms with Gasteiger partial charge < -0.3 is 20.4 Å². The van der Waals surface area contributed by atoms with Crippen LogP contribution in [0.3, 0.4) is 0 Å². The highest BCUT2D eigenvalue weighted by atomic mass is 16.4. The Hall–Kier alpha value is -3.62. The van der Waals surface area contributed by atoms with E-state index >= 15 is 0 Å². The van der Waals surface area contributed by atoms with E-state index < -0.39 is 11.9 Å². The smallest absolute Gasteiger partial charge is 0.303 e. The number of fused-ring (bicyclic) bond motifs is 8. The maximum Gasteiger partial charge on any atom is 0.303 e. The zero-order chi connectivity index (χ0) is 41.9. The molecule has 2 saturated heterocycles. The fourth-order valence-corrected chi connectivity index (χ4v) is 9.88. The van der Waals surface area contributed by atoms with Crippen LogP contribution in [0.5, 0.6) is 11.5 Å². The predicted molar refractivity (Wildman–Crippen MR) is 232 cm³/mol. The second kappa shape index (κ2) is 20.9. The van der Waals surface area contributed by atoms with Gasteiger partial charge in [-0.15, -0.1) is 0 Å². The van der Waals surface area contributed by atoms with Gasteiger partial charge in [-0.1, -0.05) is 95.2 Å². The molecule has 4 N–H and O–H groups in total. The molecule has 0 radical (unpaired) electrons. The number of carboxylic acid groups (broad SMARTS) is 2. The number of hydrogen-bond acceptors (Lipinski definition) is 6. The highest BCUT2D eigenvalue weighted by molar-refractivity contribution is 5.66. The summed E-state index contributed by atoms with van der Waals surface area (Å²) < 4.78 is 0. The van der Waals surface area contributed by atoms with Gasteiger partial charge in [0.1, 0.15) is 11.5 Å². The minimum Gasteiger partial charge on any atom is -0.508 e. The summed E-state index contributed by atoms with van der Waals surface area (Å²) in [6, 6.07) is 13.2. The summed E-state index contributed by atoms with van der Waals surface area (Å²) in [4.78, 5) is 25.7. The Morgan fingerprint density at radius 2 is 0.982 bits per heavy atom. The van der Waals surface area contributed by atoms with Crippen molar-refractivity contribution in [3.63, 3.8) is 0 Å². The molecular formula is C49H74N2O6. The van der Waals surface area contributed by atoms with Gasteiger partial charge in [-0.3, -0.25) is 19.4 Å². The number of hydrogen-bond donors (Lipinski definition) is 4. The highest BCUT2D eigenvalue weighted by Crippen LogP contribution is 2.50. The maximum absolute atomic E-state index is 10.2. The summed E-state index contributed by atoms with van der Waals surface area (Å²) >= 11 is 0. The monoisotopic (exact) mass is 787 g/mol. The fourth-order valence-electron chi connectivity index (χ4n) is 9.88. The van der Waals surface area contributed by atoms with Crippen LogP contribution in [-0.4, -0.2) is 80.4 Å². The highest BCUT2D eigenvalue weighted by Gasteiger charge is 2.49. The van der Waals surface area contributed by atoms with Gasteiger partial charge in [-0.25, -0.2) is 0 Å². The van der Waals surface area contributed by atoms with Gasteiger partial charge >= 0.3 is 11.9 Å². The van der Waals surface area contributed by atoms with Crippen LogP contribution in [0.15, 0.2) is 59.7 Å². The van der Waals surface area contributed by atoms with Crippen molar-refractivity contribution in [2.24, 2.45) is 11.8 Å². The topological polar surface area (TPSA) is 122 Å². The quantitative estimate of drug-likeness (QED) is 0.110. The Bertz CT molecular complexity index is 1590. The molecule has 57 heavy (non-hydrogen) atoms. The summed E-state index contributed by atoms with van der Waals surface area (Å²) in [6.07, 6.45) is 16.4. The van der Waals surface area contributed by atoms with Gasteiger partial charge in [0.15, 0.2) is 0 Å². The number of unbranched alkanes of at least 4 members (excludes halogenated alkanes) is 6. The molecule has 2 aliphatic heterocycles. The van der Waals surface area contributed by atoms with Gasteiger partial charge in [0.05, 0.1) is 0 Å². The Kier molecular flexibility index (Phi) is 16.9. The Morgan fingerprint density at radius 3 is 1.32 bits per heavy atom. The molecule has 2 aromatic rings. The van der Waals surface area contributed by atoms with Gasteiger partial charge in [-0.2, -0.15) is 0 Å². The zero-order valence-electron chi connectivity index (χ0n) is 36.4. The number of piperidine rings is 2. The van der Waals surface area contributed by atoms with Gasteiger partial charge in [0.2, 0.25) is 0 Å². The van der Waals surface area contributed by atoms with Crippen molar-refractivity contribution in [2.45, 2.75) is 162 Å². The van der Waals surface area contributed by atoms with Gasteiger partial charge in [0.25, 0.3) is 0 Å². The van der Waals surface area contributed by atoms with E-state index in [9.17, 15) is 19.8 Å². The number of carboxylic acids is 2. The van der Waals surface area contributed by atoms with Crippen molar-refractivity contribution >= 4 is 11.9 Å². The van der Waals surface area contributed by atoms with E-state index in [2.05, 4.69) is 89.5 Å². The van der Waals surface area contributed by atoms with Crippen molar-refractivity contribution < 1.29 is 30.0 Å². The lowest BCUT2D eigenvalue weighted by molar-refractivity contribution is -0.138. The van der Waals surface area contributed by atoms with Crippen LogP contribution in [0.25, 0.3) is 0 Å². The molecule has 2 aliphatic carbocycles. The van der Waals surface area contributed by atoms with Crippen LogP contribution >= 0.6 is 0 Å². The molecule has 0 saturated carbocycles. The van der Waals surface area contributed by atoms with E-state index in [1.807, 2.05) is 24.3 Å². The standard InChI is InChI=1S/2C19H27NO.C11H20O4/c2*1-13(2)7-9-20-10-8-19(4)14(3)18(20)11-15-5-6-16(21)12-17(15)19;12-10(13)8-6-4-2-1-3-5-7-9-11(14)15/h2*5-7,12,14,18,21H,8-11H2,1-4H3;1-9H2,(H,12,13)(H,14,15). The number of nitrogens with zero attached hydrogens (tertiary/aromatic N) is 2. The normalized spacial score (nSPS) is 26.0. The number of rotatable bonds is 14. The zero-order valence-corrected chi connectivity index (χ0v) is 36.4. The minimum atomic E-state index is -0.726. The van der Waals surface area contributed by atoms with E-state index in [1.54, 1.807) is 0 Å². The lowest BCUT2D eigenvalue weighted by Crippen LogP contribution is -2.57. The van der Waals surface area contributed by atoms with Crippen LogP contribution < -0.4 is 0 Å². The van der Waals surface area contributed by atoms with E-state index in [-0.39, 0.29) is 23.7 Å². The van der Waals surface area contributed by atoms with Crippen LogP contribution in [0.1, 0.15) is 148 Å². The third-order valence-corrected chi connectivity index (χ3v) is 14.0. The molecule has 2 heterocycles. The van der Waals surface area contributed by atoms with E-state index in [4.69, 9.17) is 10.2 Å². The number of phenolic OH excluding ortho intramolecular Hbond substituents is 2. The number of aliphatic carboxylic acids is 2. The number of allylic oxidation sites excluding steroid dienone is 2. The molecule has 0 spiro atoms. The van der Waals surface area contributed by atoms with Crippen LogP contribution in [0.4, 0.5) is 0 Å². The molecule has 2 aromatic carbocycles. The average Bonchev–Trinajstić information content (AvgIpc) is 3.14. The summed E-state index contributed by atoms with van der Waals surface area (Å²) in [5, 5.41) is 36.5. The van der Waals surface area contributed by atoms with Crippen LogP contribution in [-0.2, 0) is 33.3 Å². The Labute approximate surface area is 344 Å². The van der Waals surface area contributed by atoms with Crippen LogP contribution in [0.2, 0.25) is 0 Å². The summed E-state index contributed by atoms with van der Waals surface area (Å²) in [5.74, 6) is 0.630. The van der Waals surface area contributed by atoms with E-state index in [1.165, 1.54) is 46.2 Å². The lowest BCUT2D eigenvalue weighted by Gasteiger charge is -2.54. The minimum absolute atomic E-state index is 0.207. The largest absolute Gasteiger partial charge is 0.508 e. The molecule has 0 amide bonds. The van der Waals surface area contributed by atoms with Crippen molar-refractivity contribution in [3.05, 3.63) is 82.0 Å². The van der Waals surface area contributed by atoms with Crippen molar-refractivity contribution in [2.75, 3.05) is 26.2 Å². The third-order valence-electron chi connectivity index (χ3n) is 14.0. The van der Waals surface area contributed by atoms with Crippen LogP contribution in [0, 0.1) is 11.8 Å². The average molecular weight is 787 g/mol. The molecule has 8 heteroatoms. The summed E-state index contributed by atoms with van der Waals surface area (Å²) in [7, 11) is 0. The number of phenols is 2. The molecule has 2 fully saturated rings. The first-order chi connectivity index (χ1) is 27.0. The van der Waals surface area contributed by atoms with Gasteiger partial charge in [0, 0.05) is 38.0 Å². The molecule has 4 bridgehead atoms. The second-order valence-electron chi connectivity index (χ2n) is 18.5. The SMILES string of the molecule is CC(C)=CCN1CCC2(C)c3cc(O)ccc3CC1C2C.CC(C)=CCN1CCC2(C)c3cc(O)ccc3CC1C2C.O=C(O)CCCCCCCCCC(=O)O. The van der Waals surface area contributed by atoms with Crippen molar-refractivity contribution in [3.8, 4) is 11.5 Å². The third kappa shape index (κ3) is 12.2. The molecular weight excluding hydrogens is 713 g/mol. The molecule has 6 atom stereocenters. The maximum atomic E-state index is 10.2. The fraction of sp³-hybridized carbons (Fsp3) is 0.633. The Balaban J connectivity index is 0.000000193. The molecule has 0 aromatic heterocycles. The first-order valence-corrected chi connectivity index (χ1v) is 21.8.